The minimum Gasteiger partial charge on any atom is -0.348 e. The lowest BCUT2D eigenvalue weighted by molar-refractivity contribution is -0.193. The quantitative estimate of drug-likeness (QED) is 0.645. The first-order chi connectivity index (χ1) is 6.56. The number of hydrogen-bond donors (Lipinski definition) is 0. The van der Waals surface area contributed by atoms with E-state index in [0.717, 1.165) is 32.0 Å². The Balaban J connectivity index is 1.97. The van der Waals surface area contributed by atoms with Crippen LogP contribution in [-0.4, -0.2) is 19.0 Å². The van der Waals surface area contributed by atoms with E-state index in [-0.39, 0.29) is 5.79 Å². The van der Waals surface area contributed by atoms with Gasteiger partial charge in [-0.3, -0.25) is 0 Å². The van der Waals surface area contributed by atoms with Gasteiger partial charge < -0.3 is 9.47 Å². The zero-order valence-corrected chi connectivity index (χ0v) is 9.64. The second kappa shape index (κ2) is 3.49. The highest BCUT2D eigenvalue weighted by Gasteiger charge is 2.45. The molecule has 1 heterocycles. The summed E-state index contributed by atoms with van der Waals surface area (Å²) >= 11 is 0. The molecule has 1 saturated carbocycles. The lowest BCUT2D eigenvalue weighted by atomic mass is 9.67. The van der Waals surface area contributed by atoms with Gasteiger partial charge in [-0.05, 0) is 24.2 Å². The third-order valence-corrected chi connectivity index (χ3v) is 4.36. The van der Waals surface area contributed by atoms with Gasteiger partial charge in [0.25, 0.3) is 0 Å². The molecule has 0 unspecified atom stereocenters. The summed E-state index contributed by atoms with van der Waals surface area (Å²) in [7, 11) is 0. The maximum absolute atomic E-state index is 5.73. The molecule has 2 rings (SSSR count). The van der Waals surface area contributed by atoms with Gasteiger partial charge in [-0.25, -0.2) is 0 Å². The average Bonchev–Trinajstić information content (AvgIpc) is 2.60. The summed E-state index contributed by atoms with van der Waals surface area (Å²) in [6.45, 7) is 8.64. The Bertz CT molecular complexity index is 188. The summed E-state index contributed by atoms with van der Waals surface area (Å²) in [5.41, 5.74) is 0.501. The zero-order valence-electron chi connectivity index (χ0n) is 9.64. The van der Waals surface area contributed by atoms with Crippen LogP contribution >= 0.6 is 0 Å². The second-order valence-electron chi connectivity index (χ2n) is 5.42. The Kier molecular flexibility index (Phi) is 2.61. The highest BCUT2D eigenvalue weighted by molar-refractivity contribution is 4.90. The molecule has 0 bridgehead atoms. The smallest absolute Gasteiger partial charge is 0.168 e. The van der Waals surface area contributed by atoms with Gasteiger partial charge in [-0.1, -0.05) is 20.8 Å². The minimum absolute atomic E-state index is 0.186. The summed E-state index contributed by atoms with van der Waals surface area (Å²) in [6.07, 6.45) is 4.65. The largest absolute Gasteiger partial charge is 0.348 e. The fraction of sp³-hybridized carbons (Fsp3) is 1.00. The van der Waals surface area contributed by atoms with Gasteiger partial charge in [0.05, 0.1) is 13.2 Å². The van der Waals surface area contributed by atoms with Crippen molar-refractivity contribution in [2.45, 2.75) is 52.2 Å². The van der Waals surface area contributed by atoms with Crippen molar-refractivity contribution in [1.29, 1.82) is 0 Å². The molecule has 2 nitrogen and oxygen atoms in total. The minimum atomic E-state index is -0.186. The second-order valence-corrected chi connectivity index (χ2v) is 5.42. The summed E-state index contributed by atoms with van der Waals surface area (Å²) in [4.78, 5) is 0. The molecule has 0 amide bonds. The van der Waals surface area contributed by atoms with Crippen LogP contribution < -0.4 is 0 Å². The van der Waals surface area contributed by atoms with Gasteiger partial charge in [0.2, 0.25) is 0 Å². The zero-order chi connectivity index (χ0) is 10.2. The Morgan fingerprint density at radius 3 is 1.86 bits per heavy atom. The van der Waals surface area contributed by atoms with Crippen LogP contribution in [0.5, 0.6) is 0 Å². The van der Waals surface area contributed by atoms with Gasteiger partial charge >= 0.3 is 0 Å². The predicted octanol–water partition coefficient (Wildman–Crippen LogP) is 2.97. The molecule has 0 N–H and O–H groups in total. The first-order valence-corrected chi connectivity index (χ1v) is 5.84. The fourth-order valence-corrected chi connectivity index (χ4v) is 2.57. The van der Waals surface area contributed by atoms with E-state index in [1.807, 2.05) is 0 Å². The average molecular weight is 198 g/mol. The summed E-state index contributed by atoms with van der Waals surface area (Å²) in [5, 5.41) is 0. The molecule has 0 aromatic carbocycles. The lowest BCUT2D eigenvalue weighted by Gasteiger charge is -2.44. The van der Waals surface area contributed by atoms with Crippen LogP contribution in [0.4, 0.5) is 0 Å². The molecule has 2 heteroatoms. The van der Waals surface area contributed by atoms with E-state index < -0.39 is 0 Å². The Hall–Kier alpha value is -0.0800. The number of ether oxygens (including phenoxy) is 2. The SMILES string of the molecule is CC(C)C1(C)CCC2(CC1)OCCO2. The number of hydrogen-bond acceptors (Lipinski definition) is 2. The molecule has 0 radical (unpaired) electrons. The van der Waals surface area contributed by atoms with E-state index in [2.05, 4.69) is 20.8 Å². The topological polar surface area (TPSA) is 18.5 Å². The van der Waals surface area contributed by atoms with Crippen LogP contribution in [0.15, 0.2) is 0 Å². The van der Waals surface area contributed by atoms with Crippen molar-refractivity contribution in [2.75, 3.05) is 13.2 Å². The van der Waals surface area contributed by atoms with Gasteiger partial charge in [0, 0.05) is 12.8 Å². The third kappa shape index (κ3) is 1.70. The van der Waals surface area contributed by atoms with Crippen LogP contribution in [0.1, 0.15) is 46.5 Å². The van der Waals surface area contributed by atoms with Crippen molar-refractivity contribution in [2.24, 2.45) is 11.3 Å². The van der Waals surface area contributed by atoms with Crippen LogP contribution in [0.25, 0.3) is 0 Å². The molecule has 0 atom stereocenters. The van der Waals surface area contributed by atoms with Crippen molar-refractivity contribution in [3.8, 4) is 0 Å². The molecule has 1 saturated heterocycles. The summed E-state index contributed by atoms with van der Waals surface area (Å²) < 4.78 is 11.5. The van der Waals surface area contributed by atoms with Crippen LogP contribution in [-0.2, 0) is 9.47 Å². The Morgan fingerprint density at radius 2 is 1.43 bits per heavy atom. The standard InChI is InChI=1S/C12H22O2/c1-10(2)11(3)4-6-12(7-5-11)13-8-9-14-12/h10H,4-9H2,1-3H3. The van der Waals surface area contributed by atoms with Crippen molar-refractivity contribution in [3.05, 3.63) is 0 Å². The van der Waals surface area contributed by atoms with Gasteiger partial charge in [-0.2, -0.15) is 0 Å². The molecule has 2 fully saturated rings. The predicted molar refractivity (Wildman–Crippen MR) is 56.0 cm³/mol. The maximum atomic E-state index is 5.73. The van der Waals surface area contributed by atoms with Gasteiger partial charge in [-0.15, -0.1) is 0 Å². The van der Waals surface area contributed by atoms with Crippen molar-refractivity contribution in [1.82, 2.24) is 0 Å². The fourth-order valence-electron chi connectivity index (χ4n) is 2.57. The monoisotopic (exact) mass is 198 g/mol. The molecule has 0 aromatic heterocycles. The van der Waals surface area contributed by atoms with E-state index >= 15 is 0 Å². The molecule has 1 aliphatic heterocycles. The Morgan fingerprint density at radius 1 is 0.929 bits per heavy atom. The van der Waals surface area contributed by atoms with Crippen LogP contribution in [0.2, 0.25) is 0 Å². The first kappa shape index (κ1) is 10.4. The van der Waals surface area contributed by atoms with E-state index in [9.17, 15) is 0 Å². The molecule has 82 valence electrons. The highest BCUT2D eigenvalue weighted by Crippen LogP contribution is 2.48. The van der Waals surface area contributed by atoms with Crippen LogP contribution in [0.3, 0.4) is 0 Å². The van der Waals surface area contributed by atoms with E-state index in [1.165, 1.54) is 12.8 Å². The molecule has 2 aliphatic rings. The van der Waals surface area contributed by atoms with Crippen LogP contribution in [0, 0.1) is 11.3 Å². The summed E-state index contributed by atoms with van der Waals surface area (Å²) in [5.74, 6) is 0.579. The van der Waals surface area contributed by atoms with E-state index in [0.29, 0.717) is 5.41 Å². The van der Waals surface area contributed by atoms with Crippen molar-refractivity contribution in [3.63, 3.8) is 0 Å². The molecular weight excluding hydrogens is 176 g/mol. The van der Waals surface area contributed by atoms with E-state index in [4.69, 9.17) is 9.47 Å². The normalized spacial score (nSPS) is 30.0. The Labute approximate surface area is 87.0 Å². The molecule has 1 spiro atoms. The molecule has 0 aromatic rings. The first-order valence-electron chi connectivity index (χ1n) is 5.84. The van der Waals surface area contributed by atoms with Gasteiger partial charge in [0.1, 0.15) is 0 Å². The molecular formula is C12H22O2. The maximum Gasteiger partial charge on any atom is 0.168 e. The van der Waals surface area contributed by atoms with Crippen molar-refractivity contribution < 1.29 is 9.47 Å². The highest BCUT2D eigenvalue weighted by atomic mass is 16.7. The van der Waals surface area contributed by atoms with Crippen molar-refractivity contribution >= 4 is 0 Å². The molecule has 14 heavy (non-hydrogen) atoms. The number of rotatable bonds is 1. The van der Waals surface area contributed by atoms with Gasteiger partial charge in [0.15, 0.2) is 5.79 Å². The van der Waals surface area contributed by atoms with E-state index in [1.54, 1.807) is 0 Å². The summed E-state index contributed by atoms with van der Waals surface area (Å²) in [6, 6.07) is 0. The third-order valence-electron chi connectivity index (χ3n) is 4.36. The molecule has 1 aliphatic carbocycles. The lowest BCUT2D eigenvalue weighted by Crippen LogP contribution is -2.40.